The highest BCUT2D eigenvalue weighted by Gasteiger charge is 2.17. The maximum atomic E-state index is 12.4. The summed E-state index contributed by atoms with van der Waals surface area (Å²) in [5.74, 6) is 4.61. The Balaban J connectivity index is 2.46. The molecule has 106 valence electrons. The maximum Gasteiger partial charge on any atom is 0.426 e. The van der Waals surface area contributed by atoms with E-state index in [2.05, 4.69) is 0 Å². The Morgan fingerprint density at radius 3 is 2.43 bits per heavy atom. The van der Waals surface area contributed by atoms with Gasteiger partial charge in [0.2, 0.25) is 0 Å². The van der Waals surface area contributed by atoms with Crippen molar-refractivity contribution < 1.29 is 19.1 Å². The van der Waals surface area contributed by atoms with Crippen LogP contribution in [0.15, 0.2) is 48.5 Å². The van der Waals surface area contributed by atoms with E-state index in [9.17, 15) is 14.4 Å². The van der Waals surface area contributed by atoms with Crippen LogP contribution in [0.25, 0.3) is 0 Å². The molecule has 2 rings (SSSR count). The highest BCUT2D eigenvalue weighted by atomic mass is 16.6. The van der Waals surface area contributed by atoms with Crippen molar-refractivity contribution in [3.63, 3.8) is 0 Å². The molecule has 0 aromatic heterocycles. The van der Waals surface area contributed by atoms with Crippen molar-refractivity contribution in [3.05, 3.63) is 65.2 Å². The Morgan fingerprint density at radius 2 is 1.81 bits per heavy atom. The molecule has 2 aromatic rings. The standard InChI is InChI=1S/C15H12N2O4/c16-17-15(20)21-13-7-6-10(9-18)8-12(13)14(19)11-4-2-1-3-5-11/h1-9H,16H2,(H,17,20). The number of carbonyl (C=O) groups excluding carboxylic acids is 3. The number of aldehydes is 1. The third-order valence-electron chi connectivity index (χ3n) is 2.74. The first kappa shape index (κ1) is 14.4. The molecule has 0 aliphatic heterocycles. The molecule has 0 atom stereocenters. The summed E-state index contributed by atoms with van der Waals surface area (Å²) in [5.41, 5.74) is 2.63. The summed E-state index contributed by atoms with van der Waals surface area (Å²) >= 11 is 0. The zero-order valence-corrected chi connectivity index (χ0v) is 10.9. The van der Waals surface area contributed by atoms with Gasteiger partial charge in [0.1, 0.15) is 12.0 Å². The van der Waals surface area contributed by atoms with Crippen molar-refractivity contribution in [1.82, 2.24) is 5.43 Å². The summed E-state index contributed by atoms with van der Waals surface area (Å²) < 4.78 is 4.92. The fourth-order valence-electron chi connectivity index (χ4n) is 1.76. The first-order chi connectivity index (χ1) is 10.2. The van der Waals surface area contributed by atoms with Gasteiger partial charge in [-0.15, -0.1) is 0 Å². The maximum absolute atomic E-state index is 12.4. The molecule has 0 fully saturated rings. The summed E-state index contributed by atoms with van der Waals surface area (Å²) in [4.78, 5) is 34.5. The van der Waals surface area contributed by atoms with Gasteiger partial charge in [0.25, 0.3) is 0 Å². The number of ketones is 1. The fraction of sp³-hybridized carbons (Fsp3) is 0. The van der Waals surface area contributed by atoms with Crippen LogP contribution >= 0.6 is 0 Å². The molecule has 2 aromatic carbocycles. The topological polar surface area (TPSA) is 98.5 Å². The van der Waals surface area contributed by atoms with E-state index < -0.39 is 6.09 Å². The second-order valence-corrected chi connectivity index (χ2v) is 4.10. The molecule has 0 unspecified atom stereocenters. The van der Waals surface area contributed by atoms with Gasteiger partial charge in [0, 0.05) is 11.1 Å². The van der Waals surface area contributed by atoms with E-state index in [1.165, 1.54) is 18.2 Å². The normalized spacial score (nSPS) is 9.76. The Labute approximate surface area is 120 Å². The minimum Gasteiger partial charge on any atom is -0.409 e. The Hall–Kier alpha value is -2.99. The molecule has 0 bridgehead atoms. The van der Waals surface area contributed by atoms with E-state index in [4.69, 9.17) is 10.6 Å². The van der Waals surface area contributed by atoms with Crippen LogP contribution in [0.1, 0.15) is 26.3 Å². The summed E-state index contributed by atoms with van der Waals surface area (Å²) in [7, 11) is 0. The van der Waals surface area contributed by atoms with Gasteiger partial charge in [-0.05, 0) is 18.2 Å². The quantitative estimate of drug-likeness (QED) is 0.293. The third kappa shape index (κ3) is 3.31. The van der Waals surface area contributed by atoms with Gasteiger partial charge < -0.3 is 4.74 Å². The predicted octanol–water partition coefficient (Wildman–Crippen LogP) is 1.69. The molecule has 6 heteroatoms. The van der Waals surface area contributed by atoms with Crippen LogP contribution in [0.5, 0.6) is 5.75 Å². The number of amides is 1. The first-order valence-electron chi connectivity index (χ1n) is 6.03. The largest absolute Gasteiger partial charge is 0.426 e. The molecule has 1 amide bonds. The number of nitrogens with two attached hydrogens (primary N) is 1. The van der Waals surface area contributed by atoms with E-state index in [1.807, 2.05) is 0 Å². The molecule has 0 saturated carbocycles. The van der Waals surface area contributed by atoms with Gasteiger partial charge in [0.05, 0.1) is 5.56 Å². The van der Waals surface area contributed by atoms with E-state index in [0.717, 1.165) is 0 Å². The Kier molecular flexibility index (Phi) is 4.43. The molecule has 0 aliphatic rings. The second kappa shape index (κ2) is 6.44. The molecule has 0 radical (unpaired) electrons. The van der Waals surface area contributed by atoms with Crippen molar-refractivity contribution in [3.8, 4) is 5.75 Å². The highest BCUT2D eigenvalue weighted by Crippen LogP contribution is 2.23. The smallest absolute Gasteiger partial charge is 0.409 e. The van der Waals surface area contributed by atoms with Crippen LogP contribution < -0.4 is 16.0 Å². The summed E-state index contributed by atoms with van der Waals surface area (Å²) in [5, 5.41) is 0. The average molecular weight is 284 g/mol. The van der Waals surface area contributed by atoms with E-state index in [-0.39, 0.29) is 17.1 Å². The molecule has 6 nitrogen and oxygen atoms in total. The van der Waals surface area contributed by atoms with Gasteiger partial charge in [-0.1, -0.05) is 30.3 Å². The number of hydrogen-bond donors (Lipinski definition) is 2. The van der Waals surface area contributed by atoms with Gasteiger partial charge in [-0.25, -0.2) is 10.6 Å². The van der Waals surface area contributed by atoms with Gasteiger partial charge in [-0.3, -0.25) is 15.0 Å². The zero-order chi connectivity index (χ0) is 15.2. The van der Waals surface area contributed by atoms with E-state index in [0.29, 0.717) is 17.4 Å². The lowest BCUT2D eigenvalue weighted by Crippen LogP contribution is -2.33. The van der Waals surface area contributed by atoms with Gasteiger partial charge in [-0.2, -0.15) is 0 Å². The molecule has 0 spiro atoms. The van der Waals surface area contributed by atoms with Crippen LogP contribution in [0, 0.1) is 0 Å². The first-order valence-corrected chi connectivity index (χ1v) is 6.03. The fourth-order valence-corrected chi connectivity index (χ4v) is 1.76. The summed E-state index contributed by atoms with van der Waals surface area (Å²) in [6.07, 6.45) is -0.301. The highest BCUT2D eigenvalue weighted by molar-refractivity contribution is 6.11. The molecular weight excluding hydrogens is 272 g/mol. The number of hydrogen-bond acceptors (Lipinski definition) is 5. The molecular formula is C15H12N2O4. The number of nitrogens with one attached hydrogen (secondary N) is 1. The van der Waals surface area contributed by atoms with Gasteiger partial charge in [0.15, 0.2) is 5.78 Å². The lowest BCUT2D eigenvalue weighted by atomic mass is 10.0. The number of ether oxygens (including phenoxy) is 1. The molecule has 0 heterocycles. The number of hydrazine groups is 1. The lowest BCUT2D eigenvalue weighted by Gasteiger charge is -2.09. The summed E-state index contributed by atoms with van der Waals surface area (Å²) in [6.45, 7) is 0. The van der Waals surface area contributed by atoms with Crippen LogP contribution in [0.3, 0.4) is 0 Å². The van der Waals surface area contributed by atoms with Crippen molar-refractivity contribution >= 4 is 18.2 Å². The number of carbonyl (C=O) groups is 3. The Bertz CT molecular complexity index is 683. The van der Waals surface area contributed by atoms with Crippen LogP contribution in [0.2, 0.25) is 0 Å². The minimum absolute atomic E-state index is 0.0254. The van der Waals surface area contributed by atoms with Crippen LogP contribution in [-0.4, -0.2) is 18.2 Å². The van der Waals surface area contributed by atoms with E-state index >= 15 is 0 Å². The average Bonchev–Trinajstić information content (AvgIpc) is 2.55. The van der Waals surface area contributed by atoms with Crippen molar-refractivity contribution in [2.24, 2.45) is 5.84 Å². The van der Waals surface area contributed by atoms with Crippen LogP contribution in [0.4, 0.5) is 4.79 Å². The zero-order valence-electron chi connectivity index (χ0n) is 10.9. The molecule has 3 N–H and O–H groups in total. The minimum atomic E-state index is -0.907. The lowest BCUT2D eigenvalue weighted by molar-refractivity contribution is 0.103. The SMILES string of the molecule is NNC(=O)Oc1ccc(C=O)cc1C(=O)c1ccccc1. The molecule has 21 heavy (non-hydrogen) atoms. The number of rotatable bonds is 4. The Morgan fingerprint density at radius 1 is 1.10 bits per heavy atom. The van der Waals surface area contributed by atoms with Crippen molar-refractivity contribution in [2.75, 3.05) is 0 Å². The molecule has 0 aliphatic carbocycles. The predicted molar refractivity (Wildman–Crippen MR) is 75.1 cm³/mol. The molecule has 0 saturated heterocycles. The summed E-state index contributed by atoms with van der Waals surface area (Å²) in [6, 6.07) is 12.6. The van der Waals surface area contributed by atoms with E-state index in [1.54, 1.807) is 35.8 Å². The van der Waals surface area contributed by atoms with Gasteiger partial charge >= 0.3 is 6.09 Å². The van der Waals surface area contributed by atoms with Crippen LogP contribution in [-0.2, 0) is 0 Å². The third-order valence-corrected chi connectivity index (χ3v) is 2.74. The second-order valence-electron chi connectivity index (χ2n) is 4.10. The van der Waals surface area contributed by atoms with Crippen molar-refractivity contribution in [1.29, 1.82) is 0 Å². The number of benzene rings is 2. The monoisotopic (exact) mass is 284 g/mol. The van der Waals surface area contributed by atoms with Crippen molar-refractivity contribution in [2.45, 2.75) is 0 Å².